The molecular weight excluding hydrogens is 536 g/mol. The molecule has 0 saturated carbocycles. The van der Waals surface area contributed by atoms with E-state index in [1.54, 1.807) is 12.1 Å². The van der Waals surface area contributed by atoms with Crippen LogP contribution in [0.2, 0.25) is 0 Å². The van der Waals surface area contributed by atoms with E-state index in [2.05, 4.69) is 20.2 Å². The SMILES string of the molecule is NC(=NC(=O)c1ccc(N2CCC(N)C2)cc1NC1CCOCC1)c1cc(Sc2cc(F)cc(F)c2)cnc1N. The number of aromatic nitrogens is 1. The molecule has 0 bridgehead atoms. The molecule has 5 rings (SSSR count). The van der Waals surface area contributed by atoms with Crippen LogP contribution in [-0.4, -0.2) is 55.1 Å². The molecule has 7 N–H and O–H groups in total. The summed E-state index contributed by atoms with van der Waals surface area (Å²) >= 11 is 1.08. The number of nitrogens with one attached hydrogen (secondary N) is 1. The number of benzene rings is 2. The minimum Gasteiger partial charge on any atom is -0.383 e. The first-order valence-electron chi connectivity index (χ1n) is 13.0. The lowest BCUT2D eigenvalue weighted by molar-refractivity contribution is 0.0904. The number of halogens is 2. The third kappa shape index (κ3) is 6.69. The number of hydrogen-bond acceptors (Lipinski definition) is 8. The largest absolute Gasteiger partial charge is 0.383 e. The second-order valence-electron chi connectivity index (χ2n) is 9.87. The Morgan fingerprint density at radius 3 is 2.50 bits per heavy atom. The standard InChI is InChI=1S/C28H31F2N7O2S/c29-16-9-17(30)11-21(10-16)40-22-13-24(26(32)34-14-22)27(33)36-28(38)23-2-1-20(37-6-3-18(31)15-37)12-25(23)35-19-4-7-39-8-5-19/h1-2,9-14,18-19,35H,3-8,15,31H2,(H2,32,34)(H2,33,36,38). The lowest BCUT2D eigenvalue weighted by atomic mass is 10.1. The molecule has 1 unspecified atom stereocenters. The van der Waals surface area contributed by atoms with Crippen LogP contribution in [0, 0.1) is 11.6 Å². The van der Waals surface area contributed by atoms with Crippen LogP contribution < -0.4 is 27.4 Å². The van der Waals surface area contributed by atoms with Crippen molar-refractivity contribution in [3.05, 3.63) is 71.4 Å². The van der Waals surface area contributed by atoms with Gasteiger partial charge in [0.1, 0.15) is 23.3 Å². The molecule has 1 atom stereocenters. The third-order valence-corrected chi connectivity index (χ3v) is 7.80. The highest BCUT2D eigenvalue weighted by Gasteiger charge is 2.23. The summed E-state index contributed by atoms with van der Waals surface area (Å²) in [5.41, 5.74) is 20.7. The molecule has 0 aliphatic carbocycles. The van der Waals surface area contributed by atoms with Crippen LogP contribution in [0.5, 0.6) is 0 Å². The van der Waals surface area contributed by atoms with E-state index in [0.717, 1.165) is 55.9 Å². The number of anilines is 3. The maximum Gasteiger partial charge on any atom is 0.281 e. The molecule has 3 aromatic rings. The van der Waals surface area contributed by atoms with Crippen molar-refractivity contribution in [3.63, 3.8) is 0 Å². The van der Waals surface area contributed by atoms with E-state index in [4.69, 9.17) is 21.9 Å². The van der Waals surface area contributed by atoms with E-state index in [9.17, 15) is 13.6 Å². The van der Waals surface area contributed by atoms with E-state index in [0.29, 0.717) is 34.3 Å². The van der Waals surface area contributed by atoms with Gasteiger partial charge in [-0.1, -0.05) is 11.8 Å². The van der Waals surface area contributed by atoms with Crippen molar-refractivity contribution < 1.29 is 18.3 Å². The van der Waals surface area contributed by atoms with Crippen LogP contribution in [0.3, 0.4) is 0 Å². The number of nitrogen functional groups attached to an aromatic ring is 1. The minimum atomic E-state index is -0.693. The van der Waals surface area contributed by atoms with Gasteiger partial charge in [-0.05, 0) is 55.7 Å². The maximum atomic E-state index is 13.6. The summed E-state index contributed by atoms with van der Waals surface area (Å²) in [7, 11) is 0. The molecule has 2 aliphatic rings. The summed E-state index contributed by atoms with van der Waals surface area (Å²) in [6.07, 6.45) is 4.00. The van der Waals surface area contributed by atoms with Crippen molar-refractivity contribution in [1.29, 1.82) is 0 Å². The zero-order valence-electron chi connectivity index (χ0n) is 21.8. The van der Waals surface area contributed by atoms with Gasteiger partial charge in [-0.2, -0.15) is 4.99 Å². The van der Waals surface area contributed by atoms with Gasteiger partial charge < -0.3 is 32.2 Å². The Bertz CT molecular complexity index is 1410. The van der Waals surface area contributed by atoms with Gasteiger partial charge in [0.05, 0.1) is 11.1 Å². The number of nitrogens with zero attached hydrogens (tertiary/aromatic N) is 3. The van der Waals surface area contributed by atoms with Gasteiger partial charge in [-0.25, -0.2) is 13.8 Å². The van der Waals surface area contributed by atoms with Crippen LogP contribution in [-0.2, 0) is 4.74 Å². The van der Waals surface area contributed by atoms with Crippen molar-refractivity contribution >= 4 is 40.7 Å². The topological polar surface area (TPSA) is 145 Å². The summed E-state index contributed by atoms with van der Waals surface area (Å²) in [4.78, 5) is 24.8. The molecular formula is C28H31F2N7O2S. The first kappa shape index (κ1) is 27.8. The van der Waals surface area contributed by atoms with Crippen LogP contribution in [0.4, 0.5) is 26.0 Å². The van der Waals surface area contributed by atoms with Crippen molar-refractivity contribution in [3.8, 4) is 0 Å². The fraction of sp³-hybridized carbons (Fsp3) is 0.321. The van der Waals surface area contributed by atoms with E-state index >= 15 is 0 Å². The number of nitrogens with two attached hydrogens (primary N) is 3. The molecule has 0 spiro atoms. The average molecular weight is 568 g/mol. The molecule has 2 fully saturated rings. The van der Waals surface area contributed by atoms with Crippen LogP contribution >= 0.6 is 11.8 Å². The van der Waals surface area contributed by atoms with Gasteiger partial charge in [0.2, 0.25) is 0 Å². The van der Waals surface area contributed by atoms with Crippen molar-refractivity contribution in [2.24, 2.45) is 16.5 Å². The lowest BCUT2D eigenvalue weighted by Crippen LogP contribution is -2.29. The molecule has 2 aromatic carbocycles. The number of carbonyl (C=O) groups is 1. The van der Waals surface area contributed by atoms with Gasteiger partial charge in [-0.15, -0.1) is 0 Å². The predicted octanol–water partition coefficient (Wildman–Crippen LogP) is 3.77. The molecule has 1 aromatic heterocycles. The maximum absolute atomic E-state index is 13.6. The second-order valence-corrected chi connectivity index (χ2v) is 11.0. The molecule has 0 radical (unpaired) electrons. The second kappa shape index (κ2) is 12.2. The smallest absolute Gasteiger partial charge is 0.281 e. The van der Waals surface area contributed by atoms with Gasteiger partial charge in [0.15, 0.2) is 0 Å². The molecule has 2 saturated heterocycles. The highest BCUT2D eigenvalue weighted by atomic mass is 32.2. The normalized spacial score (nSPS) is 18.2. The Kier molecular flexibility index (Phi) is 8.48. The monoisotopic (exact) mass is 567 g/mol. The van der Waals surface area contributed by atoms with Gasteiger partial charge >= 0.3 is 0 Å². The van der Waals surface area contributed by atoms with Crippen LogP contribution in [0.15, 0.2) is 63.4 Å². The number of ether oxygens (including phenoxy) is 1. The Morgan fingerprint density at radius 1 is 1.05 bits per heavy atom. The fourth-order valence-corrected chi connectivity index (χ4v) is 5.69. The number of amidine groups is 1. The highest BCUT2D eigenvalue weighted by molar-refractivity contribution is 7.99. The first-order chi connectivity index (χ1) is 19.2. The molecule has 2 aliphatic heterocycles. The number of pyridine rings is 1. The van der Waals surface area contributed by atoms with Crippen molar-refractivity contribution in [2.45, 2.75) is 41.1 Å². The zero-order chi connectivity index (χ0) is 28.2. The average Bonchev–Trinajstić information content (AvgIpc) is 3.36. The van der Waals surface area contributed by atoms with Crippen molar-refractivity contribution in [2.75, 3.05) is 42.3 Å². The summed E-state index contributed by atoms with van der Waals surface area (Å²) in [6, 6.07) is 10.6. The molecule has 210 valence electrons. The molecule has 12 heteroatoms. The number of carbonyl (C=O) groups excluding carboxylic acids is 1. The number of amides is 1. The fourth-order valence-electron chi connectivity index (χ4n) is 4.79. The molecule has 40 heavy (non-hydrogen) atoms. The zero-order valence-corrected chi connectivity index (χ0v) is 22.6. The van der Waals surface area contributed by atoms with Crippen LogP contribution in [0.1, 0.15) is 35.2 Å². The molecule has 9 nitrogen and oxygen atoms in total. The van der Waals surface area contributed by atoms with Crippen molar-refractivity contribution in [1.82, 2.24) is 4.98 Å². The summed E-state index contributed by atoms with van der Waals surface area (Å²) in [5, 5.41) is 3.50. The predicted molar refractivity (Wildman–Crippen MR) is 153 cm³/mol. The van der Waals surface area contributed by atoms with E-state index in [-0.39, 0.29) is 29.3 Å². The number of hydrogen-bond donors (Lipinski definition) is 4. The van der Waals surface area contributed by atoms with Gasteiger partial charge in [-0.3, -0.25) is 4.79 Å². The van der Waals surface area contributed by atoms with Gasteiger partial charge in [0.25, 0.3) is 5.91 Å². The summed E-state index contributed by atoms with van der Waals surface area (Å²) in [6.45, 7) is 2.89. The third-order valence-electron chi connectivity index (χ3n) is 6.87. The van der Waals surface area contributed by atoms with Crippen LogP contribution in [0.25, 0.3) is 0 Å². The van der Waals surface area contributed by atoms with E-state index < -0.39 is 17.5 Å². The summed E-state index contributed by atoms with van der Waals surface area (Å²) in [5.74, 6) is -1.97. The van der Waals surface area contributed by atoms with E-state index in [1.165, 1.54) is 18.3 Å². The minimum absolute atomic E-state index is 0.0742. The molecule has 1 amide bonds. The summed E-state index contributed by atoms with van der Waals surface area (Å²) < 4.78 is 32.7. The van der Waals surface area contributed by atoms with E-state index in [1.807, 2.05) is 12.1 Å². The number of rotatable bonds is 7. The Morgan fingerprint density at radius 2 is 1.80 bits per heavy atom. The number of aliphatic imine (C=N–C) groups is 1. The Labute approximate surface area is 235 Å². The Hall–Kier alpha value is -3.74. The quantitative estimate of drug-likeness (QED) is 0.248. The molecule has 3 heterocycles. The highest BCUT2D eigenvalue weighted by Crippen LogP contribution is 2.31. The van der Waals surface area contributed by atoms with Gasteiger partial charge in [0, 0.05) is 71.8 Å². The first-order valence-corrected chi connectivity index (χ1v) is 13.8. The lowest BCUT2D eigenvalue weighted by Gasteiger charge is -2.26. The Balaban J connectivity index is 1.41.